The first-order chi connectivity index (χ1) is 15.8. The molecule has 2 aromatic heterocycles. The van der Waals surface area contributed by atoms with Gasteiger partial charge in [0.25, 0.3) is 11.8 Å². The monoisotopic (exact) mass is 502 g/mol. The molecule has 0 saturated carbocycles. The maximum Gasteiger partial charge on any atom is 0.417 e. The van der Waals surface area contributed by atoms with Gasteiger partial charge < -0.3 is 9.64 Å². The predicted molar refractivity (Wildman–Crippen MR) is 118 cm³/mol. The van der Waals surface area contributed by atoms with Gasteiger partial charge in [0.05, 0.1) is 33.7 Å². The Bertz CT molecular complexity index is 1080. The van der Waals surface area contributed by atoms with Gasteiger partial charge in [-0.15, -0.1) is 11.3 Å². The molecule has 3 rings (SSSR count). The standard InChI is InChI=1S/C22H23F5N4O2S/c1-5-28-13(3)19-18(30-14(4)34-19)20(32)31-11-21(23,24)8-12(2)16(31)10-33-17-7-6-15(9-29-17)22(25,26)27/h5-7,9,12,16H,3,8,10-11H2,1-2,4H3/t12-,16?/m1/s1. The van der Waals surface area contributed by atoms with E-state index in [1.54, 1.807) is 20.8 Å². The number of hydrogen-bond acceptors (Lipinski definition) is 6. The molecule has 2 aromatic rings. The number of amides is 1. The van der Waals surface area contributed by atoms with E-state index in [4.69, 9.17) is 4.74 Å². The predicted octanol–water partition coefficient (Wildman–Crippen LogP) is 5.49. The van der Waals surface area contributed by atoms with E-state index in [2.05, 4.69) is 21.5 Å². The summed E-state index contributed by atoms with van der Waals surface area (Å²) in [7, 11) is 0. The lowest BCUT2D eigenvalue weighted by atomic mass is 9.88. The zero-order chi connectivity index (χ0) is 25.3. The van der Waals surface area contributed by atoms with Gasteiger partial charge in [0.15, 0.2) is 0 Å². The van der Waals surface area contributed by atoms with E-state index < -0.39 is 48.5 Å². The summed E-state index contributed by atoms with van der Waals surface area (Å²) in [5, 5.41) is 0.546. The first-order valence-corrected chi connectivity index (χ1v) is 11.1. The van der Waals surface area contributed by atoms with E-state index >= 15 is 0 Å². The van der Waals surface area contributed by atoms with E-state index in [1.165, 1.54) is 17.6 Å². The highest BCUT2D eigenvalue weighted by atomic mass is 32.1. The third-order valence-electron chi connectivity index (χ3n) is 5.29. The van der Waals surface area contributed by atoms with Gasteiger partial charge in [-0.25, -0.2) is 18.7 Å². The number of alkyl halides is 5. The molecule has 3 heterocycles. The van der Waals surface area contributed by atoms with Gasteiger partial charge >= 0.3 is 6.18 Å². The molecule has 0 aliphatic carbocycles. The second kappa shape index (κ2) is 9.77. The number of thiazole rings is 1. The normalized spacial score (nSPS) is 20.5. The fourth-order valence-electron chi connectivity index (χ4n) is 3.74. The molecule has 1 fully saturated rings. The van der Waals surface area contributed by atoms with Gasteiger partial charge in [0, 0.05) is 24.9 Å². The summed E-state index contributed by atoms with van der Waals surface area (Å²) in [5.74, 6) is -4.61. The van der Waals surface area contributed by atoms with Crippen LogP contribution in [0.4, 0.5) is 22.0 Å². The second-order valence-corrected chi connectivity index (χ2v) is 9.18. The number of aliphatic imine (C=N–C) groups is 1. The van der Waals surface area contributed by atoms with E-state index in [0.29, 0.717) is 16.1 Å². The summed E-state index contributed by atoms with van der Waals surface area (Å²) < 4.78 is 72.6. The van der Waals surface area contributed by atoms with Gasteiger partial charge in [-0.2, -0.15) is 13.2 Å². The summed E-state index contributed by atoms with van der Waals surface area (Å²) in [5.41, 5.74) is -0.681. The lowest BCUT2D eigenvalue weighted by molar-refractivity contribution is -0.137. The van der Waals surface area contributed by atoms with Crippen molar-refractivity contribution in [3.8, 4) is 5.88 Å². The van der Waals surface area contributed by atoms with Crippen molar-refractivity contribution < 1.29 is 31.5 Å². The number of carbonyl (C=O) groups excluding carboxylic acids is 1. The van der Waals surface area contributed by atoms with E-state index in [9.17, 15) is 26.7 Å². The van der Waals surface area contributed by atoms with E-state index in [0.717, 1.165) is 17.0 Å². The maximum atomic E-state index is 14.4. The maximum absolute atomic E-state index is 14.4. The van der Waals surface area contributed by atoms with Crippen molar-refractivity contribution in [3.05, 3.63) is 46.1 Å². The molecule has 12 heteroatoms. The molecule has 1 aliphatic heterocycles. The number of likely N-dealkylation sites (tertiary alicyclic amines) is 1. The second-order valence-electron chi connectivity index (χ2n) is 7.98. The van der Waals surface area contributed by atoms with Crippen LogP contribution in [-0.2, 0) is 6.18 Å². The molecule has 6 nitrogen and oxygen atoms in total. The highest BCUT2D eigenvalue weighted by molar-refractivity contribution is 7.13. The van der Waals surface area contributed by atoms with Crippen LogP contribution in [0.3, 0.4) is 0 Å². The lowest BCUT2D eigenvalue weighted by Crippen LogP contribution is -2.57. The van der Waals surface area contributed by atoms with Crippen LogP contribution in [0.2, 0.25) is 0 Å². The van der Waals surface area contributed by atoms with Crippen molar-refractivity contribution in [2.75, 3.05) is 13.2 Å². The Hall–Kier alpha value is -2.89. The topological polar surface area (TPSA) is 67.7 Å². The number of pyridine rings is 1. The zero-order valence-corrected chi connectivity index (χ0v) is 19.5. The van der Waals surface area contributed by atoms with Gasteiger partial charge in [-0.1, -0.05) is 13.5 Å². The smallest absolute Gasteiger partial charge is 0.417 e. The molecule has 0 radical (unpaired) electrons. The molecule has 34 heavy (non-hydrogen) atoms. The van der Waals surface area contributed by atoms with Crippen molar-refractivity contribution in [3.63, 3.8) is 0 Å². The summed E-state index contributed by atoms with van der Waals surface area (Å²) in [6.45, 7) is 7.67. The number of piperidine rings is 1. The third kappa shape index (κ3) is 5.78. The zero-order valence-electron chi connectivity index (χ0n) is 18.7. The van der Waals surface area contributed by atoms with Gasteiger partial charge in [0.1, 0.15) is 12.3 Å². The van der Waals surface area contributed by atoms with Crippen LogP contribution in [0.5, 0.6) is 5.88 Å². The Morgan fingerprint density at radius 1 is 1.41 bits per heavy atom. The average Bonchev–Trinajstić information content (AvgIpc) is 3.13. The number of aryl methyl sites for hydroxylation is 1. The molecule has 0 bridgehead atoms. The first kappa shape index (κ1) is 25.7. The molecular formula is C22H23F5N4O2S. The summed E-state index contributed by atoms with van der Waals surface area (Å²) in [6, 6.07) is 1.08. The Morgan fingerprint density at radius 3 is 2.71 bits per heavy atom. The van der Waals surface area contributed by atoms with Crippen molar-refractivity contribution in [2.24, 2.45) is 10.9 Å². The van der Waals surface area contributed by atoms with Gasteiger partial charge in [0.2, 0.25) is 5.88 Å². The van der Waals surface area contributed by atoms with Crippen LogP contribution in [0, 0.1) is 12.8 Å². The lowest BCUT2D eigenvalue weighted by Gasteiger charge is -2.42. The summed E-state index contributed by atoms with van der Waals surface area (Å²) in [4.78, 5) is 26.7. The molecule has 1 amide bonds. The molecule has 1 aliphatic rings. The van der Waals surface area contributed by atoms with Crippen molar-refractivity contribution in [2.45, 2.75) is 45.3 Å². The van der Waals surface area contributed by atoms with Crippen molar-refractivity contribution >= 4 is 29.2 Å². The number of halogens is 5. The molecule has 184 valence electrons. The minimum absolute atomic E-state index is 0.0272. The quantitative estimate of drug-likeness (QED) is 0.387. The van der Waals surface area contributed by atoms with Crippen LogP contribution in [0.25, 0.3) is 5.70 Å². The Labute approximate surface area is 197 Å². The van der Waals surface area contributed by atoms with Gasteiger partial charge in [-0.05, 0) is 25.8 Å². The highest BCUT2D eigenvalue weighted by Gasteiger charge is 2.47. The van der Waals surface area contributed by atoms with E-state index in [1.807, 2.05) is 0 Å². The number of hydrogen-bond donors (Lipinski definition) is 0. The fourth-order valence-corrected chi connectivity index (χ4v) is 4.58. The van der Waals surface area contributed by atoms with Crippen LogP contribution >= 0.6 is 11.3 Å². The molecule has 0 aromatic carbocycles. The Morgan fingerprint density at radius 2 is 2.12 bits per heavy atom. The van der Waals surface area contributed by atoms with Crippen LogP contribution in [0.1, 0.15) is 46.2 Å². The van der Waals surface area contributed by atoms with Crippen LogP contribution < -0.4 is 4.74 Å². The Balaban J connectivity index is 1.86. The minimum atomic E-state index is -4.55. The first-order valence-electron chi connectivity index (χ1n) is 10.3. The number of rotatable bonds is 6. The van der Waals surface area contributed by atoms with Crippen molar-refractivity contribution in [1.82, 2.24) is 14.9 Å². The largest absolute Gasteiger partial charge is 0.475 e. The molecule has 2 atom stereocenters. The number of aromatic nitrogens is 2. The minimum Gasteiger partial charge on any atom is -0.475 e. The van der Waals surface area contributed by atoms with Gasteiger partial charge in [-0.3, -0.25) is 9.79 Å². The van der Waals surface area contributed by atoms with Crippen molar-refractivity contribution in [1.29, 1.82) is 0 Å². The molecule has 0 spiro atoms. The molecule has 1 unspecified atom stereocenters. The summed E-state index contributed by atoms with van der Waals surface area (Å²) in [6.07, 6.45) is -2.90. The SMILES string of the molecule is C=C(N=CC)c1sc(C)nc1C(=O)N1CC(F)(F)C[C@@H](C)C1COc1ccc(C(F)(F)F)cn1. The number of nitrogens with zero attached hydrogens (tertiary/aromatic N) is 4. The molecular weight excluding hydrogens is 479 g/mol. The average molecular weight is 503 g/mol. The van der Waals surface area contributed by atoms with Crippen LogP contribution in [-0.4, -0.2) is 52.1 Å². The summed E-state index contributed by atoms with van der Waals surface area (Å²) >= 11 is 1.18. The fraction of sp³-hybridized carbons (Fsp3) is 0.455. The molecule has 1 saturated heterocycles. The highest BCUT2D eigenvalue weighted by Crippen LogP contribution is 2.37. The van der Waals surface area contributed by atoms with Crippen LogP contribution in [0.15, 0.2) is 29.9 Å². The third-order valence-corrected chi connectivity index (χ3v) is 6.31. The number of carbonyl (C=O) groups is 1. The Kier molecular flexibility index (Phi) is 7.39. The molecule has 0 N–H and O–H groups in total. The number of ether oxygens (including phenoxy) is 1. The van der Waals surface area contributed by atoms with E-state index in [-0.39, 0.29) is 23.9 Å².